The van der Waals surface area contributed by atoms with Gasteiger partial charge in [0.05, 0.1) is 30.7 Å². The maximum absolute atomic E-state index is 12.8. The van der Waals surface area contributed by atoms with Gasteiger partial charge in [0, 0.05) is 17.7 Å². The van der Waals surface area contributed by atoms with Gasteiger partial charge in [-0.05, 0) is 72.4 Å². The lowest BCUT2D eigenvalue weighted by Crippen LogP contribution is -2.26. The normalized spacial score (nSPS) is 12.1. The topological polar surface area (TPSA) is 64.6 Å². The van der Waals surface area contributed by atoms with E-state index in [0.29, 0.717) is 34.1 Å². The number of halogens is 4. The average Bonchev–Trinajstić information content (AvgIpc) is 2.90. The largest absolute Gasteiger partial charge is 0.493 e. The number of carbonyl (C=O) groups excluding carboxylic acids is 2. The highest BCUT2D eigenvalue weighted by molar-refractivity contribution is 6.33. The summed E-state index contributed by atoms with van der Waals surface area (Å²) in [5.41, 5.74) is 2.12. The Morgan fingerprint density at radius 3 is 2.29 bits per heavy atom. The molecule has 1 atom stereocenters. The van der Waals surface area contributed by atoms with Crippen LogP contribution in [0.2, 0.25) is 5.02 Å². The van der Waals surface area contributed by atoms with Crippen LogP contribution in [-0.2, 0) is 22.1 Å². The van der Waals surface area contributed by atoms with Crippen molar-refractivity contribution in [2.24, 2.45) is 5.92 Å². The van der Waals surface area contributed by atoms with Gasteiger partial charge >= 0.3 is 12.1 Å². The molecule has 0 aliphatic carbocycles. The molecule has 202 valence electrons. The van der Waals surface area contributed by atoms with Crippen LogP contribution in [0.4, 0.5) is 13.2 Å². The zero-order valence-electron chi connectivity index (χ0n) is 21.1. The highest BCUT2D eigenvalue weighted by Gasteiger charge is 2.30. The second-order valence-electron chi connectivity index (χ2n) is 8.95. The van der Waals surface area contributed by atoms with Crippen molar-refractivity contribution in [2.75, 3.05) is 20.3 Å². The molecule has 3 aromatic carbocycles. The molecule has 3 aromatic rings. The van der Waals surface area contributed by atoms with Crippen LogP contribution in [0, 0.1) is 5.92 Å². The molecule has 1 N–H and O–H groups in total. The van der Waals surface area contributed by atoms with Crippen LogP contribution in [0.15, 0.2) is 66.7 Å². The maximum atomic E-state index is 12.8. The number of hydrogen-bond donors (Lipinski definition) is 1. The first kappa shape index (κ1) is 29.0. The van der Waals surface area contributed by atoms with E-state index >= 15 is 0 Å². The van der Waals surface area contributed by atoms with Gasteiger partial charge in [0.2, 0.25) is 0 Å². The first-order valence-corrected chi connectivity index (χ1v) is 12.5. The summed E-state index contributed by atoms with van der Waals surface area (Å²) in [4.78, 5) is 23.3. The van der Waals surface area contributed by atoms with E-state index in [1.807, 2.05) is 12.1 Å². The highest BCUT2D eigenvalue weighted by atomic mass is 35.5. The molecule has 0 bridgehead atoms. The van der Waals surface area contributed by atoms with Crippen molar-refractivity contribution in [1.82, 2.24) is 5.32 Å². The van der Waals surface area contributed by atoms with E-state index in [4.69, 9.17) is 16.3 Å². The highest BCUT2D eigenvalue weighted by Crippen LogP contribution is 2.34. The molecular weight excluding hydrogens is 519 g/mol. The standard InChI is InChI=1S/C29H29ClF3NO4/c1-19(3-4-20-5-7-22(8-6-20)28(36)34-16-15-27(35)37-2)18-38-24-13-14-25(26(30)17-24)21-9-11-23(12-10-21)29(31,32)33/h5-14,17,19H,3-4,15-16,18H2,1-2H3,(H,34,36). The minimum Gasteiger partial charge on any atom is -0.493 e. The van der Waals surface area contributed by atoms with Gasteiger partial charge in [-0.2, -0.15) is 13.2 Å². The number of esters is 1. The van der Waals surface area contributed by atoms with Crippen LogP contribution in [-0.4, -0.2) is 32.1 Å². The fourth-order valence-corrected chi connectivity index (χ4v) is 3.98. The average molecular weight is 548 g/mol. The zero-order chi connectivity index (χ0) is 27.7. The Balaban J connectivity index is 1.45. The number of aryl methyl sites for hydroxylation is 1. The SMILES string of the molecule is COC(=O)CCNC(=O)c1ccc(CCC(C)COc2ccc(-c3ccc(C(F)(F)F)cc3)c(Cl)c2)cc1. The fraction of sp³-hybridized carbons (Fsp3) is 0.310. The van der Waals surface area contributed by atoms with Crippen molar-refractivity contribution in [3.05, 3.63) is 88.4 Å². The monoisotopic (exact) mass is 547 g/mol. The van der Waals surface area contributed by atoms with E-state index in [1.165, 1.54) is 19.2 Å². The van der Waals surface area contributed by atoms with Gasteiger partial charge in [0.1, 0.15) is 5.75 Å². The summed E-state index contributed by atoms with van der Waals surface area (Å²) in [5.74, 6) is 0.201. The van der Waals surface area contributed by atoms with E-state index in [-0.39, 0.29) is 30.8 Å². The molecule has 0 aromatic heterocycles. The molecule has 0 aliphatic rings. The Morgan fingerprint density at radius 2 is 1.68 bits per heavy atom. The number of methoxy groups -OCH3 is 1. The van der Waals surface area contributed by atoms with Gasteiger partial charge < -0.3 is 14.8 Å². The van der Waals surface area contributed by atoms with E-state index in [2.05, 4.69) is 17.0 Å². The summed E-state index contributed by atoms with van der Waals surface area (Å²) in [5, 5.41) is 3.08. The molecule has 1 amide bonds. The number of alkyl halides is 3. The fourth-order valence-electron chi connectivity index (χ4n) is 3.70. The Kier molecular flexibility index (Phi) is 10.2. The molecule has 0 aliphatic heterocycles. The second-order valence-corrected chi connectivity index (χ2v) is 9.36. The van der Waals surface area contributed by atoms with E-state index < -0.39 is 11.7 Å². The van der Waals surface area contributed by atoms with E-state index in [1.54, 1.807) is 30.3 Å². The predicted molar refractivity (Wildman–Crippen MR) is 140 cm³/mol. The number of amides is 1. The van der Waals surface area contributed by atoms with Gasteiger partial charge in [-0.1, -0.05) is 42.8 Å². The third-order valence-corrected chi connectivity index (χ3v) is 6.30. The van der Waals surface area contributed by atoms with Gasteiger partial charge in [-0.25, -0.2) is 0 Å². The Morgan fingerprint density at radius 1 is 1.00 bits per heavy atom. The summed E-state index contributed by atoms with van der Waals surface area (Å²) in [7, 11) is 1.30. The molecule has 0 saturated carbocycles. The number of hydrogen-bond acceptors (Lipinski definition) is 4. The van der Waals surface area contributed by atoms with Crippen LogP contribution in [0.25, 0.3) is 11.1 Å². The lowest BCUT2D eigenvalue weighted by Gasteiger charge is -2.15. The summed E-state index contributed by atoms with van der Waals surface area (Å²) in [6, 6.07) is 17.3. The molecule has 0 radical (unpaired) electrons. The number of nitrogens with one attached hydrogen (secondary N) is 1. The molecule has 38 heavy (non-hydrogen) atoms. The number of benzene rings is 3. The van der Waals surface area contributed by atoms with Crippen LogP contribution >= 0.6 is 11.6 Å². The maximum Gasteiger partial charge on any atom is 0.416 e. The summed E-state index contributed by atoms with van der Waals surface area (Å²) < 4.78 is 48.8. The summed E-state index contributed by atoms with van der Waals surface area (Å²) >= 11 is 6.38. The van der Waals surface area contributed by atoms with Crippen molar-refractivity contribution >= 4 is 23.5 Å². The molecule has 0 fully saturated rings. The smallest absolute Gasteiger partial charge is 0.416 e. The van der Waals surface area contributed by atoms with Crippen LogP contribution in [0.1, 0.15) is 41.3 Å². The van der Waals surface area contributed by atoms with Crippen molar-refractivity contribution in [1.29, 1.82) is 0 Å². The molecular formula is C29H29ClF3NO4. The lowest BCUT2D eigenvalue weighted by molar-refractivity contribution is -0.140. The third kappa shape index (κ3) is 8.52. The van der Waals surface area contributed by atoms with Crippen LogP contribution in [0.3, 0.4) is 0 Å². The number of rotatable bonds is 11. The Hall–Kier alpha value is -3.52. The van der Waals surface area contributed by atoms with E-state index in [0.717, 1.165) is 30.5 Å². The Labute approximate surface area is 224 Å². The first-order valence-electron chi connectivity index (χ1n) is 12.1. The molecule has 1 unspecified atom stereocenters. The van der Waals surface area contributed by atoms with Crippen molar-refractivity contribution in [2.45, 2.75) is 32.4 Å². The molecule has 0 spiro atoms. The summed E-state index contributed by atoms with van der Waals surface area (Å²) in [6.45, 7) is 2.76. The second kappa shape index (κ2) is 13.3. The number of ether oxygens (including phenoxy) is 2. The minimum absolute atomic E-state index is 0.121. The Bertz CT molecular complexity index is 1230. The molecule has 5 nitrogen and oxygen atoms in total. The zero-order valence-corrected chi connectivity index (χ0v) is 21.9. The molecule has 9 heteroatoms. The third-order valence-electron chi connectivity index (χ3n) is 5.98. The number of carbonyl (C=O) groups is 2. The van der Waals surface area contributed by atoms with Gasteiger partial charge in [-0.3, -0.25) is 9.59 Å². The van der Waals surface area contributed by atoms with Gasteiger partial charge in [-0.15, -0.1) is 0 Å². The summed E-state index contributed by atoms with van der Waals surface area (Å²) in [6.07, 6.45) is -2.59. The van der Waals surface area contributed by atoms with Crippen LogP contribution < -0.4 is 10.1 Å². The van der Waals surface area contributed by atoms with Crippen molar-refractivity contribution in [3.63, 3.8) is 0 Å². The molecule has 3 rings (SSSR count). The van der Waals surface area contributed by atoms with E-state index in [9.17, 15) is 22.8 Å². The first-order chi connectivity index (χ1) is 18.1. The molecule has 0 heterocycles. The quantitative estimate of drug-likeness (QED) is 0.263. The van der Waals surface area contributed by atoms with Gasteiger partial charge in [0.25, 0.3) is 5.91 Å². The molecule has 0 saturated heterocycles. The minimum atomic E-state index is -4.38. The van der Waals surface area contributed by atoms with Gasteiger partial charge in [0.15, 0.2) is 0 Å². The predicted octanol–water partition coefficient (Wildman–Crippen LogP) is 6.97. The van der Waals surface area contributed by atoms with Crippen LogP contribution in [0.5, 0.6) is 5.75 Å². The lowest BCUT2D eigenvalue weighted by atomic mass is 10.0. The van der Waals surface area contributed by atoms with Crippen molar-refractivity contribution < 1.29 is 32.2 Å². The van der Waals surface area contributed by atoms with Crippen molar-refractivity contribution in [3.8, 4) is 16.9 Å².